The number of furan rings is 1. The van der Waals surface area contributed by atoms with Crippen LogP contribution >= 0.6 is 0 Å². The summed E-state index contributed by atoms with van der Waals surface area (Å²) in [6, 6.07) is 13.0. The SMILES string of the molecule is COc1ccc(CC(=O)O)c(OC(c2coc3ccccc23)C(C)(C)C)c1. The van der Waals surface area contributed by atoms with Crippen molar-refractivity contribution < 1.29 is 23.8 Å². The Morgan fingerprint density at radius 3 is 2.59 bits per heavy atom. The molecular formula is C22H24O5. The van der Waals surface area contributed by atoms with Crippen molar-refractivity contribution in [3.05, 3.63) is 59.9 Å². The average Bonchev–Trinajstić information content (AvgIpc) is 3.03. The minimum atomic E-state index is -0.911. The molecule has 0 aliphatic heterocycles. The number of carboxylic acids is 1. The lowest BCUT2D eigenvalue weighted by Gasteiger charge is -2.31. The zero-order valence-electron chi connectivity index (χ0n) is 16.0. The fraction of sp³-hybridized carbons (Fsp3) is 0.318. The Morgan fingerprint density at radius 1 is 1.19 bits per heavy atom. The number of ether oxygens (including phenoxy) is 2. The summed E-state index contributed by atoms with van der Waals surface area (Å²) < 4.78 is 17.4. The van der Waals surface area contributed by atoms with Gasteiger partial charge in [0.05, 0.1) is 19.8 Å². The van der Waals surface area contributed by atoms with E-state index in [0.29, 0.717) is 17.1 Å². The van der Waals surface area contributed by atoms with Gasteiger partial charge in [0.2, 0.25) is 0 Å². The predicted molar refractivity (Wildman–Crippen MR) is 103 cm³/mol. The van der Waals surface area contributed by atoms with Gasteiger partial charge in [0.25, 0.3) is 0 Å². The fourth-order valence-electron chi connectivity index (χ4n) is 3.12. The maximum Gasteiger partial charge on any atom is 0.307 e. The number of para-hydroxylation sites is 1. The molecule has 0 fully saturated rings. The van der Waals surface area contributed by atoms with E-state index in [1.54, 1.807) is 31.6 Å². The van der Waals surface area contributed by atoms with E-state index in [9.17, 15) is 9.90 Å². The number of fused-ring (bicyclic) bond motifs is 1. The van der Waals surface area contributed by atoms with E-state index in [1.807, 2.05) is 24.3 Å². The Bertz CT molecular complexity index is 949. The van der Waals surface area contributed by atoms with Gasteiger partial charge >= 0.3 is 5.97 Å². The second-order valence-corrected chi connectivity index (χ2v) is 7.60. The second kappa shape index (κ2) is 7.35. The fourth-order valence-corrected chi connectivity index (χ4v) is 3.12. The van der Waals surface area contributed by atoms with Gasteiger partial charge < -0.3 is 19.0 Å². The molecule has 5 nitrogen and oxygen atoms in total. The van der Waals surface area contributed by atoms with Crippen LogP contribution in [0.15, 0.2) is 53.1 Å². The third-order valence-electron chi connectivity index (χ3n) is 4.44. The third kappa shape index (κ3) is 4.08. The Hall–Kier alpha value is -2.95. The molecule has 0 aliphatic carbocycles. The molecule has 1 N–H and O–H groups in total. The molecule has 3 rings (SSSR count). The molecule has 0 aliphatic rings. The van der Waals surface area contributed by atoms with Gasteiger partial charge in [-0.15, -0.1) is 0 Å². The predicted octanol–water partition coefficient (Wildman–Crippen LogP) is 5.23. The maximum atomic E-state index is 11.3. The lowest BCUT2D eigenvalue weighted by atomic mass is 9.84. The van der Waals surface area contributed by atoms with E-state index < -0.39 is 5.97 Å². The number of methoxy groups -OCH3 is 1. The summed E-state index contributed by atoms with van der Waals surface area (Å²) in [5.74, 6) is 0.205. The summed E-state index contributed by atoms with van der Waals surface area (Å²) in [4.78, 5) is 11.3. The summed E-state index contributed by atoms with van der Waals surface area (Å²) in [6.45, 7) is 6.24. The molecule has 1 aromatic heterocycles. The minimum Gasteiger partial charge on any atom is -0.497 e. The number of hydrogen-bond donors (Lipinski definition) is 1. The first-order chi connectivity index (χ1) is 12.8. The van der Waals surface area contributed by atoms with Crippen LogP contribution in [0, 0.1) is 5.41 Å². The van der Waals surface area contributed by atoms with Crippen LogP contribution in [0.25, 0.3) is 11.0 Å². The monoisotopic (exact) mass is 368 g/mol. The topological polar surface area (TPSA) is 68.9 Å². The zero-order valence-corrected chi connectivity index (χ0v) is 16.0. The molecule has 0 radical (unpaired) electrons. The van der Waals surface area contributed by atoms with Gasteiger partial charge in [-0.3, -0.25) is 4.79 Å². The van der Waals surface area contributed by atoms with Crippen LogP contribution in [0.1, 0.15) is 38.0 Å². The standard InChI is InChI=1S/C22H24O5/c1-22(2,3)21(17-13-26-18-8-6-5-7-16(17)18)27-19-12-15(25-4)10-9-14(19)11-20(23)24/h5-10,12-13,21H,11H2,1-4H3,(H,23,24). The molecule has 0 spiro atoms. The van der Waals surface area contributed by atoms with Crippen LogP contribution in [-0.4, -0.2) is 18.2 Å². The molecule has 1 atom stereocenters. The van der Waals surface area contributed by atoms with Gasteiger partial charge in [-0.25, -0.2) is 0 Å². The molecule has 142 valence electrons. The molecule has 0 saturated carbocycles. The summed E-state index contributed by atoms with van der Waals surface area (Å²) in [7, 11) is 1.57. The molecule has 27 heavy (non-hydrogen) atoms. The Kier molecular flexibility index (Phi) is 5.13. The molecule has 1 heterocycles. The van der Waals surface area contributed by atoms with Gasteiger partial charge in [0, 0.05) is 28.0 Å². The van der Waals surface area contributed by atoms with Gasteiger partial charge in [-0.05, 0) is 12.1 Å². The van der Waals surface area contributed by atoms with E-state index in [-0.39, 0.29) is 17.9 Å². The highest BCUT2D eigenvalue weighted by Crippen LogP contribution is 2.42. The van der Waals surface area contributed by atoms with Crippen molar-refractivity contribution in [1.29, 1.82) is 0 Å². The smallest absolute Gasteiger partial charge is 0.307 e. The van der Waals surface area contributed by atoms with Gasteiger partial charge in [0.1, 0.15) is 23.2 Å². The van der Waals surface area contributed by atoms with Crippen LogP contribution < -0.4 is 9.47 Å². The van der Waals surface area contributed by atoms with E-state index in [0.717, 1.165) is 16.5 Å². The Labute approximate surface area is 158 Å². The first-order valence-electron chi connectivity index (χ1n) is 8.81. The third-order valence-corrected chi connectivity index (χ3v) is 4.44. The normalized spacial score (nSPS) is 12.7. The van der Waals surface area contributed by atoms with Crippen molar-refractivity contribution in [2.45, 2.75) is 33.3 Å². The van der Waals surface area contributed by atoms with Gasteiger partial charge in [-0.2, -0.15) is 0 Å². The number of rotatable bonds is 6. The number of benzene rings is 2. The highest BCUT2D eigenvalue weighted by atomic mass is 16.5. The highest BCUT2D eigenvalue weighted by molar-refractivity contribution is 5.81. The summed E-state index contributed by atoms with van der Waals surface area (Å²) in [6.07, 6.45) is 1.26. The molecule has 2 aromatic carbocycles. The maximum absolute atomic E-state index is 11.3. The largest absolute Gasteiger partial charge is 0.497 e. The highest BCUT2D eigenvalue weighted by Gasteiger charge is 2.32. The van der Waals surface area contributed by atoms with E-state index in [1.165, 1.54) is 0 Å². The van der Waals surface area contributed by atoms with Crippen LogP contribution in [-0.2, 0) is 11.2 Å². The van der Waals surface area contributed by atoms with E-state index >= 15 is 0 Å². The number of hydrogen-bond acceptors (Lipinski definition) is 4. The lowest BCUT2D eigenvalue weighted by molar-refractivity contribution is -0.136. The van der Waals surface area contributed by atoms with Crippen LogP contribution in [0.5, 0.6) is 11.5 Å². The number of carbonyl (C=O) groups is 1. The molecule has 1 unspecified atom stereocenters. The van der Waals surface area contributed by atoms with Crippen molar-refractivity contribution in [2.24, 2.45) is 5.41 Å². The molecule has 0 bridgehead atoms. The van der Waals surface area contributed by atoms with E-state index in [4.69, 9.17) is 13.9 Å². The number of aliphatic carboxylic acids is 1. The van der Waals surface area contributed by atoms with Crippen molar-refractivity contribution in [3.8, 4) is 11.5 Å². The molecule has 0 amide bonds. The lowest BCUT2D eigenvalue weighted by Crippen LogP contribution is -2.24. The van der Waals surface area contributed by atoms with Gasteiger partial charge in [0.15, 0.2) is 0 Å². The average molecular weight is 368 g/mol. The summed E-state index contributed by atoms with van der Waals surface area (Å²) >= 11 is 0. The quantitative estimate of drug-likeness (QED) is 0.645. The summed E-state index contributed by atoms with van der Waals surface area (Å²) in [5.41, 5.74) is 2.07. The first kappa shape index (κ1) is 18.8. The van der Waals surface area contributed by atoms with Crippen molar-refractivity contribution in [2.75, 3.05) is 7.11 Å². The van der Waals surface area contributed by atoms with Crippen LogP contribution in [0.2, 0.25) is 0 Å². The van der Waals surface area contributed by atoms with Crippen LogP contribution in [0.4, 0.5) is 0 Å². The molecular weight excluding hydrogens is 344 g/mol. The Balaban J connectivity index is 2.07. The van der Waals surface area contributed by atoms with Crippen molar-refractivity contribution in [3.63, 3.8) is 0 Å². The molecule has 0 saturated heterocycles. The minimum absolute atomic E-state index is 0.123. The summed E-state index contributed by atoms with van der Waals surface area (Å²) in [5, 5.41) is 10.2. The van der Waals surface area contributed by atoms with Crippen LogP contribution in [0.3, 0.4) is 0 Å². The molecule has 5 heteroatoms. The second-order valence-electron chi connectivity index (χ2n) is 7.60. The van der Waals surface area contributed by atoms with E-state index in [2.05, 4.69) is 20.8 Å². The van der Waals surface area contributed by atoms with Crippen molar-refractivity contribution in [1.82, 2.24) is 0 Å². The van der Waals surface area contributed by atoms with Gasteiger partial charge in [-0.1, -0.05) is 45.0 Å². The Morgan fingerprint density at radius 2 is 1.93 bits per heavy atom. The zero-order chi connectivity index (χ0) is 19.6. The van der Waals surface area contributed by atoms with Crippen molar-refractivity contribution >= 4 is 16.9 Å². The molecule has 3 aromatic rings. The number of carboxylic acid groups (broad SMARTS) is 1. The first-order valence-corrected chi connectivity index (χ1v) is 8.81.